The molecule has 0 aliphatic heterocycles. The van der Waals surface area contributed by atoms with Gasteiger partial charge in [-0.05, 0) is 97.1 Å². The highest BCUT2D eigenvalue weighted by Gasteiger charge is 2.24. The van der Waals surface area contributed by atoms with E-state index >= 15 is 0 Å². The molecule has 47 heavy (non-hydrogen) atoms. The Bertz CT molecular complexity index is 1760. The molecule has 1 atom stereocenters. The van der Waals surface area contributed by atoms with Gasteiger partial charge in [0.05, 0.1) is 12.6 Å². The first-order valence-corrected chi connectivity index (χ1v) is 15.0. The Balaban J connectivity index is 0.00000500. The maximum absolute atomic E-state index is 13.1. The number of aliphatic hydroxyl groups is 1. The predicted octanol–water partition coefficient (Wildman–Crippen LogP) is 5.51. The van der Waals surface area contributed by atoms with Gasteiger partial charge in [-0.15, -0.1) is 12.4 Å². The summed E-state index contributed by atoms with van der Waals surface area (Å²) in [5.41, 5.74) is 11.4. The van der Waals surface area contributed by atoms with Crippen LogP contribution >= 0.6 is 12.4 Å². The molecule has 5 rings (SSSR count). The van der Waals surface area contributed by atoms with Crippen LogP contribution in [0, 0.1) is 18.8 Å². The lowest BCUT2D eigenvalue weighted by molar-refractivity contribution is 0.0950. The van der Waals surface area contributed by atoms with Crippen LogP contribution in [0.4, 0.5) is 10.5 Å². The number of ether oxygens (including phenoxy) is 2. The molecule has 4 aromatic carbocycles. The fourth-order valence-electron chi connectivity index (χ4n) is 4.55. The predicted molar refractivity (Wildman–Crippen MR) is 183 cm³/mol. The number of rotatable bonds is 11. The second-order valence-corrected chi connectivity index (χ2v) is 11.0. The van der Waals surface area contributed by atoms with E-state index in [1.54, 1.807) is 60.7 Å². The van der Waals surface area contributed by atoms with Gasteiger partial charge in [-0.2, -0.15) is 0 Å². The molecule has 2 amide bonds. The summed E-state index contributed by atoms with van der Waals surface area (Å²) in [7, 11) is 0. The Morgan fingerprint density at radius 2 is 1.53 bits per heavy atom. The van der Waals surface area contributed by atoms with E-state index in [-0.39, 0.29) is 43.9 Å². The zero-order valence-electron chi connectivity index (χ0n) is 25.8. The van der Waals surface area contributed by atoms with Gasteiger partial charge in [0.1, 0.15) is 19.0 Å². The van der Waals surface area contributed by atoms with Crippen LogP contribution in [0.5, 0.6) is 5.75 Å². The highest BCUT2D eigenvalue weighted by Crippen LogP contribution is 2.27. The maximum Gasteiger partial charge on any atom is 0.411 e. The third-order valence-electron chi connectivity index (χ3n) is 7.30. The van der Waals surface area contributed by atoms with Crippen LogP contribution in [-0.2, 0) is 4.74 Å². The number of ketones is 1. The standard InChI is InChI=1S/C37H35N3O6.ClH/c1-24-2-6-29(36(43)39-31-16-17-31)22-34(24)26-7-9-27(10-8-26)35(42)28-11-18-33(19-12-28)45-20-21-46-37(44)40-32-14-4-25(5-15-32)3-13-30(38)23-41;/h2,4-12,14-15,18-19,22,30-31,41H,16-17,20-21,23,38H2,1H3,(H,39,43)(H,40,44);1H. The Kier molecular flexibility index (Phi) is 12.1. The summed E-state index contributed by atoms with van der Waals surface area (Å²) in [5.74, 6) is 5.91. The minimum Gasteiger partial charge on any atom is -0.490 e. The summed E-state index contributed by atoms with van der Waals surface area (Å²) in [5, 5.41) is 14.6. The van der Waals surface area contributed by atoms with Gasteiger partial charge in [0.25, 0.3) is 5.91 Å². The van der Waals surface area contributed by atoms with Crippen molar-refractivity contribution in [2.75, 3.05) is 25.1 Å². The van der Waals surface area contributed by atoms with Gasteiger partial charge in [-0.25, -0.2) is 4.79 Å². The van der Waals surface area contributed by atoms with Gasteiger partial charge in [0, 0.05) is 34.0 Å². The molecule has 0 spiro atoms. The summed E-state index contributed by atoms with van der Waals surface area (Å²) in [6.07, 6.45) is 1.44. The first-order valence-electron chi connectivity index (χ1n) is 15.0. The second kappa shape index (κ2) is 16.4. The van der Waals surface area contributed by atoms with Gasteiger partial charge in [-0.1, -0.05) is 42.2 Å². The van der Waals surface area contributed by atoms with Crippen LogP contribution in [0.25, 0.3) is 11.1 Å². The number of hydrogen-bond acceptors (Lipinski definition) is 7. The Morgan fingerprint density at radius 1 is 0.894 bits per heavy atom. The van der Waals surface area contributed by atoms with E-state index in [0.717, 1.165) is 29.5 Å². The number of benzene rings is 4. The molecule has 0 heterocycles. The molecule has 0 saturated heterocycles. The number of halogens is 1. The van der Waals surface area contributed by atoms with Crippen molar-refractivity contribution in [1.82, 2.24) is 5.32 Å². The third kappa shape index (κ3) is 9.92. The first kappa shape index (κ1) is 34.7. The van der Waals surface area contributed by atoms with E-state index in [2.05, 4.69) is 22.5 Å². The summed E-state index contributed by atoms with van der Waals surface area (Å²) in [6.45, 7) is 1.93. The van der Waals surface area contributed by atoms with Crippen molar-refractivity contribution < 1.29 is 29.0 Å². The summed E-state index contributed by atoms with van der Waals surface area (Å²) >= 11 is 0. The van der Waals surface area contributed by atoms with Gasteiger partial charge in [-0.3, -0.25) is 14.9 Å². The zero-order valence-corrected chi connectivity index (χ0v) is 26.6. The molecule has 4 aromatic rings. The monoisotopic (exact) mass is 653 g/mol. The number of nitrogens with two attached hydrogens (primary N) is 1. The molecule has 0 bridgehead atoms. The minimum absolute atomic E-state index is 0. The highest BCUT2D eigenvalue weighted by molar-refractivity contribution is 6.09. The van der Waals surface area contributed by atoms with E-state index in [0.29, 0.717) is 39.7 Å². The van der Waals surface area contributed by atoms with Gasteiger partial charge >= 0.3 is 6.09 Å². The van der Waals surface area contributed by atoms with Crippen molar-refractivity contribution >= 4 is 35.9 Å². The lowest BCUT2D eigenvalue weighted by atomic mass is 9.95. The van der Waals surface area contributed by atoms with Crippen molar-refractivity contribution in [2.24, 2.45) is 5.73 Å². The first-order chi connectivity index (χ1) is 22.3. The average Bonchev–Trinajstić information content (AvgIpc) is 3.90. The number of nitrogens with one attached hydrogen (secondary N) is 2. The Labute approximate surface area is 279 Å². The minimum atomic E-state index is -0.626. The molecular formula is C37H36ClN3O6. The van der Waals surface area contributed by atoms with Crippen molar-refractivity contribution in [3.05, 3.63) is 119 Å². The van der Waals surface area contributed by atoms with E-state index in [4.69, 9.17) is 20.3 Å². The van der Waals surface area contributed by atoms with Crippen LogP contribution < -0.4 is 21.1 Å². The third-order valence-corrected chi connectivity index (χ3v) is 7.30. The van der Waals surface area contributed by atoms with E-state index < -0.39 is 12.1 Å². The Hall–Kier alpha value is -5.14. The normalized spacial score (nSPS) is 12.4. The summed E-state index contributed by atoms with van der Waals surface area (Å²) in [4.78, 5) is 37.7. The van der Waals surface area contributed by atoms with Crippen LogP contribution in [-0.4, -0.2) is 54.8 Å². The number of carbonyl (C=O) groups is 3. The maximum atomic E-state index is 13.1. The molecule has 242 valence electrons. The highest BCUT2D eigenvalue weighted by atomic mass is 35.5. The van der Waals surface area contributed by atoms with Gasteiger partial charge in [0.2, 0.25) is 0 Å². The molecule has 1 fully saturated rings. The number of hydrogen-bond donors (Lipinski definition) is 4. The fourth-order valence-corrected chi connectivity index (χ4v) is 4.55. The quantitative estimate of drug-likeness (QED) is 0.0951. The number of aliphatic hydroxyl groups excluding tert-OH is 1. The van der Waals surface area contributed by atoms with Crippen molar-refractivity contribution in [3.8, 4) is 28.7 Å². The molecule has 0 aromatic heterocycles. The smallest absolute Gasteiger partial charge is 0.411 e. The number of aryl methyl sites for hydroxylation is 1. The van der Waals surface area contributed by atoms with E-state index in [1.807, 2.05) is 37.3 Å². The van der Waals surface area contributed by atoms with Crippen molar-refractivity contribution in [2.45, 2.75) is 31.8 Å². The average molecular weight is 654 g/mol. The van der Waals surface area contributed by atoms with Crippen LogP contribution in [0.15, 0.2) is 91.0 Å². The molecule has 10 heteroatoms. The molecule has 0 radical (unpaired) electrons. The number of anilines is 1. The van der Waals surface area contributed by atoms with Crippen LogP contribution in [0.1, 0.15) is 50.2 Å². The Morgan fingerprint density at radius 3 is 2.17 bits per heavy atom. The zero-order chi connectivity index (χ0) is 32.5. The molecule has 1 saturated carbocycles. The molecule has 1 aliphatic carbocycles. The van der Waals surface area contributed by atoms with Crippen molar-refractivity contribution in [3.63, 3.8) is 0 Å². The van der Waals surface area contributed by atoms with Crippen molar-refractivity contribution in [1.29, 1.82) is 0 Å². The molecule has 1 aliphatic rings. The topological polar surface area (TPSA) is 140 Å². The van der Waals surface area contributed by atoms with E-state index in [1.165, 1.54) is 0 Å². The number of carbonyl (C=O) groups excluding carboxylic acids is 3. The number of amides is 2. The largest absolute Gasteiger partial charge is 0.490 e. The molecular weight excluding hydrogens is 618 g/mol. The van der Waals surface area contributed by atoms with Crippen LogP contribution in [0.2, 0.25) is 0 Å². The SMILES string of the molecule is Cc1ccc(C(=O)NC2CC2)cc1-c1ccc(C(=O)c2ccc(OCCOC(=O)Nc3ccc(C#CC(N)CO)cc3)cc2)cc1.Cl. The lowest BCUT2D eigenvalue weighted by Gasteiger charge is -2.11. The van der Waals surface area contributed by atoms with Crippen LogP contribution in [0.3, 0.4) is 0 Å². The summed E-state index contributed by atoms with van der Waals surface area (Å²) in [6, 6.07) is 26.3. The molecule has 9 nitrogen and oxygen atoms in total. The fraction of sp³-hybridized carbons (Fsp3) is 0.216. The second-order valence-electron chi connectivity index (χ2n) is 11.0. The molecule has 1 unspecified atom stereocenters. The lowest BCUT2D eigenvalue weighted by Crippen LogP contribution is -2.25. The van der Waals surface area contributed by atoms with Gasteiger partial charge in [0.15, 0.2) is 5.78 Å². The van der Waals surface area contributed by atoms with E-state index in [9.17, 15) is 14.4 Å². The van der Waals surface area contributed by atoms with Gasteiger partial charge < -0.3 is 25.6 Å². The summed E-state index contributed by atoms with van der Waals surface area (Å²) < 4.78 is 10.8. The molecule has 5 N–H and O–H groups in total.